The normalized spacial score (nSPS) is 18.2. The van der Waals surface area contributed by atoms with Crippen LogP contribution in [0.1, 0.15) is 44.3 Å². The standard InChI is InChI=1S/C25H26BrN5OS2/c1-16-6-3-4-8-21(16)31-23(17-7-5-11-27-13-17)29-30-25(31)34-15-19-14-33-24(28-19)20-12-18(26)9-10-22(20)32-2/h5,7,9-14,16,21H,3-4,6,8,15H2,1-2H3/t16-,21+/m1/s1. The average molecular weight is 557 g/mol. The van der Waals surface area contributed by atoms with Gasteiger partial charge in [0.05, 0.1) is 18.4 Å². The molecule has 0 bridgehead atoms. The molecular weight excluding hydrogens is 530 g/mol. The zero-order chi connectivity index (χ0) is 23.5. The maximum atomic E-state index is 5.54. The third-order valence-electron chi connectivity index (χ3n) is 6.27. The lowest BCUT2D eigenvalue weighted by atomic mass is 9.85. The third kappa shape index (κ3) is 4.92. The summed E-state index contributed by atoms with van der Waals surface area (Å²) in [5, 5.41) is 13.2. The van der Waals surface area contributed by atoms with E-state index in [1.54, 1.807) is 36.4 Å². The minimum absolute atomic E-state index is 0.401. The predicted molar refractivity (Wildman–Crippen MR) is 141 cm³/mol. The van der Waals surface area contributed by atoms with E-state index in [4.69, 9.17) is 9.72 Å². The largest absolute Gasteiger partial charge is 0.496 e. The minimum atomic E-state index is 0.401. The lowest BCUT2D eigenvalue weighted by Crippen LogP contribution is -2.22. The van der Waals surface area contributed by atoms with Crippen molar-refractivity contribution in [1.82, 2.24) is 24.7 Å². The van der Waals surface area contributed by atoms with Gasteiger partial charge in [0.2, 0.25) is 0 Å². The highest BCUT2D eigenvalue weighted by Crippen LogP contribution is 2.40. The van der Waals surface area contributed by atoms with Crippen molar-refractivity contribution in [2.24, 2.45) is 5.92 Å². The number of pyridine rings is 1. The van der Waals surface area contributed by atoms with Gasteiger partial charge in [-0.1, -0.05) is 47.5 Å². The van der Waals surface area contributed by atoms with Crippen LogP contribution in [0.2, 0.25) is 0 Å². The number of thioether (sulfide) groups is 1. The van der Waals surface area contributed by atoms with Gasteiger partial charge in [-0.25, -0.2) is 4.98 Å². The average Bonchev–Trinajstić information content (AvgIpc) is 3.51. The fraction of sp³-hybridized carbons (Fsp3) is 0.360. The van der Waals surface area contributed by atoms with E-state index in [2.05, 4.69) is 60.1 Å². The molecule has 1 aliphatic rings. The molecular formula is C25H26BrN5OS2. The van der Waals surface area contributed by atoms with Crippen molar-refractivity contribution in [1.29, 1.82) is 0 Å². The Kier molecular flexibility index (Phi) is 7.32. The van der Waals surface area contributed by atoms with Gasteiger partial charge in [0, 0.05) is 39.6 Å². The first-order valence-corrected chi connectivity index (χ1v) is 14.1. The van der Waals surface area contributed by atoms with Crippen LogP contribution in [0.25, 0.3) is 22.0 Å². The van der Waals surface area contributed by atoms with Crippen LogP contribution < -0.4 is 4.74 Å². The van der Waals surface area contributed by atoms with E-state index in [0.717, 1.165) is 55.2 Å². The number of halogens is 1. The monoisotopic (exact) mass is 555 g/mol. The summed E-state index contributed by atoms with van der Waals surface area (Å²) in [6, 6.07) is 10.4. The number of thiazole rings is 1. The molecule has 0 aliphatic heterocycles. The number of hydrogen-bond donors (Lipinski definition) is 0. The number of hydrogen-bond acceptors (Lipinski definition) is 7. The molecule has 6 nitrogen and oxygen atoms in total. The Hall–Kier alpha value is -2.23. The summed E-state index contributed by atoms with van der Waals surface area (Å²) >= 11 is 6.90. The molecule has 1 saturated carbocycles. The highest BCUT2D eigenvalue weighted by atomic mass is 79.9. The van der Waals surface area contributed by atoms with E-state index in [1.165, 1.54) is 19.3 Å². The van der Waals surface area contributed by atoms with Crippen molar-refractivity contribution in [2.45, 2.75) is 49.6 Å². The molecule has 0 saturated heterocycles. The van der Waals surface area contributed by atoms with Crippen molar-refractivity contribution < 1.29 is 4.74 Å². The summed E-state index contributed by atoms with van der Waals surface area (Å²) in [5.74, 6) is 3.06. The third-order valence-corrected chi connectivity index (χ3v) is 8.67. The van der Waals surface area contributed by atoms with Crippen molar-refractivity contribution in [3.8, 4) is 27.7 Å². The highest BCUT2D eigenvalue weighted by Gasteiger charge is 2.28. The molecule has 0 spiro atoms. The van der Waals surface area contributed by atoms with Crippen molar-refractivity contribution >= 4 is 39.0 Å². The number of aromatic nitrogens is 5. The Bertz CT molecular complexity index is 1260. The Balaban J connectivity index is 1.41. The lowest BCUT2D eigenvalue weighted by Gasteiger charge is -2.31. The smallest absolute Gasteiger partial charge is 0.192 e. The first kappa shape index (κ1) is 23.5. The molecule has 5 rings (SSSR count). The molecule has 1 fully saturated rings. The van der Waals surface area contributed by atoms with Crippen molar-refractivity contribution in [3.05, 3.63) is 58.3 Å². The van der Waals surface area contributed by atoms with Gasteiger partial charge >= 0.3 is 0 Å². The van der Waals surface area contributed by atoms with Crippen LogP contribution in [0.4, 0.5) is 0 Å². The predicted octanol–water partition coefficient (Wildman–Crippen LogP) is 7.28. The summed E-state index contributed by atoms with van der Waals surface area (Å²) in [4.78, 5) is 9.21. The first-order valence-electron chi connectivity index (χ1n) is 11.4. The second-order valence-electron chi connectivity index (χ2n) is 8.52. The zero-order valence-corrected chi connectivity index (χ0v) is 22.4. The number of benzene rings is 1. The molecule has 0 unspecified atom stereocenters. The van der Waals surface area contributed by atoms with Gasteiger partial charge in [-0.15, -0.1) is 21.5 Å². The van der Waals surface area contributed by atoms with Crippen LogP contribution in [0.3, 0.4) is 0 Å². The topological polar surface area (TPSA) is 65.7 Å². The number of rotatable bonds is 7. The number of nitrogens with zero attached hydrogens (tertiary/aromatic N) is 5. The van der Waals surface area contributed by atoms with Gasteiger partial charge in [-0.3, -0.25) is 9.55 Å². The summed E-state index contributed by atoms with van der Waals surface area (Å²) in [6.07, 6.45) is 8.61. The fourth-order valence-electron chi connectivity index (χ4n) is 4.53. The molecule has 2 atom stereocenters. The van der Waals surface area contributed by atoms with Gasteiger partial charge in [-0.05, 0) is 49.1 Å². The summed E-state index contributed by atoms with van der Waals surface area (Å²) in [6.45, 7) is 2.35. The van der Waals surface area contributed by atoms with Gasteiger partial charge in [0.15, 0.2) is 11.0 Å². The van der Waals surface area contributed by atoms with Crippen LogP contribution in [-0.2, 0) is 5.75 Å². The van der Waals surface area contributed by atoms with Crippen molar-refractivity contribution in [3.63, 3.8) is 0 Å². The molecule has 0 radical (unpaired) electrons. The maximum Gasteiger partial charge on any atom is 0.192 e. The SMILES string of the molecule is COc1ccc(Br)cc1-c1nc(CSc2nnc(-c3cccnc3)n2[C@H]2CCCC[C@H]2C)cs1. The Labute approximate surface area is 216 Å². The summed E-state index contributed by atoms with van der Waals surface area (Å²) < 4.78 is 8.91. The second kappa shape index (κ2) is 10.6. The van der Waals surface area contributed by atoms with Crippen LogP contribution in [0.15, 0.2) is 57.7 Å². The van der Waals surface area contributed by atoms with Crippen LogP contribution in [-0.4, -0.2) is 31.8 Å². The fourth-order valence-corrected chi connectivity index (χ4v) is 6.72. The molecule has 1 aliphatic carbocycles. The molecule has 0 amide bonds. The quantitative estimate of drug-likeness (QED) is 0.223. The van der Waals surface area contributed by atoms with Gasteiger partial charge in [-0.2, -0.15) is 0 Å². The van der Waals surface area contributed by atoms with E-state index >= 15 is 0 Å². The Morgan fingerprint density at radius 3 is 2.88 bits per heavy atom. The van der Waals surface area contributed by atoms with E-state index in [0.29, 0.717) is 12.0 Å². The zero-order valence-electron chi connectivity index (χ0n) is 19.1. The van der Waals surface area contributed by atoms with E-state index < -0.39 is 0 Å². The van der Waals surface area contributed by atoms with Crippen LogP contribution >= 0.6 is 39.0 Å². The first-order chi connectivity index (χ1) is 16.6. The highest BCUT2D eigenvalue weighted by molar-refractivity contribution is 9.10. The molecule has 1 aromatic carbocycles. The Morgan fingerprint density at radius 2 is 2.09 bits per heavy atom. The summed E-state index contributed by atoms with van der Waals surface area (Å²) in [7, 11) is 1.69. The molecule has 4 aromatic rings. The molecule has 34 heavy (non-hydrogen) atoms. The summed E-state index contributed by atoms with van der Waals surface area (Å²) in [5.41, 5.74) is 3.04. The lowest BCUT2D eigenvalue weighted by molar-refractivity contribution is 0.247. The molecule has 3 aromatic heterocycles. The van der Waals surface area contributed by atoms with Gasteiger partial charge in [0.1, 0.15) is 10.8 Å². The van der Waals surface area contributed by atoms with Gasteiger partial charge < -0.3 is 4.74 Å². The van der Waals surface area contributed by atoms with E-state index in [-0.39, 0.29) is 0 Å². The Morgan fingerprint density at radius 1 is 1.21 bits per heavy atom. The number of ether oxygens (including phenoxy) is 1. The van der Waals surface area contributed by atoms with E-state index in [1.807, 2.05) is 24.4 Å². The molecule has 9 heteroatoms. The van der Waals surface area contributed by atoms with Crippen LogP contribution in [0.5, 0.6) is 5.75 Å². The molecule has 176 valence electrons. The molecule has 0 N–H and O–H groups in total. The maximum absolute atomic E-state index is 5.54. The van der Waals surface area contributed by atoms with Gasteiger partial charge in [0.25, 0.3) is 0 Å². The van der Waals surface area contributed by atoms with E-state index in [9.17, 15) is 0 Å². The van der Waals surface area contributed by atoms with Crippen LogP contribution in [0, 0.1) is 5.92 Å². The second-order valence-corrected chi connectivity index (χ2v) is 11.2. The molecule has 3 heterocycles. The number of methoxy groups -OCH3 is 1. The van der Waals surface area contributed by atoms with Crippen molar-refractivity contribution in [2.75, 3.05) is 7.11 Å². The minimum Gasteiger partial charge on any atom is -0.496 e.